The molecular weight excluding hydrogens is 206 g/mol. The van der Waals surface area contributed by atoms with Crippen LogP contribution in [-0.2, 0) is 9.59 Å². The minimum Gasteiger partial charge on any atom is -0.480 e. The zero-order chi connectivity index (χ0) is 12.7. The quantitative estimate of drug-likeness (QED) is 0.702. The third kappa shape index (κ3) is 5.73. The van der Waals surface area contributed by atoms with E-state index in [9.17, 15) is 9.59 Å². The predicted octanol–water partition coefficient (Wildman–Crippen LogP) is 2.04. The fourth-order valence-electron chi connectivity index (χ4n) is 1.66. The summed E-state index contributed by atoms with van der Waals surface area (Å²) in [5.41, 5.74) is 0. The molecular formula is C12H23NO3. The molecule has 0 aromatic rings. The number of carbonyl (C=O) groups is 2. The Morgan fingerprint density at radius 2 is 1.81 bits per heavy atom. The molecule has 0 rings (SSSR count). The van der Waals surface area contributed by atoms with Crippen molar-refractivity contribution in [2.24, 2.45) is 11.8 Å². The van der Waals surface area contributed by atoms with Gasteiger partial charge in [0.1, 0.15) is 6.04 Å². The number of hydrogen-bond acceptors (Lipinski definition) is 2. The highest BCUT2D eigenvalue weighted by Crippen LogP contribution is 2.10. The molecule has 1 amide bonds. The van der Waals surface area contributed by atoms with Crippen molar-refractivity contribution in [1.29, 1.82) is 0 Å². The van der Waals surface area contributed by atoms with Crippen LogP contribution < -0.4 is 5.32 Å². The van der Waals surface area contributed by atoms with Gasteiger partial charge in [-0.3, -0.25) is 4.79 Å². The lowest BCUT2D eigenvalue weighted by Gasteiger charge is -2.19. The van der Waals surface area contributed by atoms with Crippen molar-refractivity contribution < 1.29 is 14.7 Å². The first-order valence-electron chi connectivity index (χ1n) is 5.90. The first-order valence-corrected chi connectivity index (χ1v) is 5.90. The van der Waals surface area contributed by atoms with Gasteiger partial charge in [-0.1, -0.05) is 40.5 Å². The maximum Gasteiger partial charge on any atom is 0.326 e. The van der Waals surface area contributed by atoms with Crippen LogP contribution in [0.1, 0.15) is 47.0 Å². The summed E-state index contributed by atoms with van der Waals surface area (Å²) >= 11 is 0. The topological polar surface area (TPSA) is 66.4 Å². The molecule has 0 saturated heterocycles. The van der Waals surface area contributed by atoms with Gasteiger partial charge in [0.2, 0.25) is 5.91 Å². The molecule has 0 radical (unpaired) electrons. The van der Waals surface area contributed by atoms with Gasteiger partial charge in [-0.25, -0.2) is 4.79 Å². The summed E-state index contributed by atoms with van der Waals surface area (Å²) in [4.78, 5) is 22.4. The fourth-order valence-corrected chi connectivity index (χ4v) is 1.66. The summed E-state index contributed by atoms with van der Waals surface area (Å²) in [6, 6.07) is -0.777. The number of carbonyl (C=O) groups excluding carboxylic acids is 1. The maximum atomic E-state index is 11.6. The smallest absolute Gasteiger partial charge is 0.326 e. The predicted molar refractivity (Wildman–Crippen MR) is 63.1 cm³/mol. The molecule has 2 N–H and O–H groups in total. The van der Waals surface area contributed by atoms with Crippen molar-refractivity contribution in [2.75, 3.05) is 0 Å². The largest absolute Gasteiger partial charge is 0.480 e. The Morgan fingerprint density at radius 3 is 2.19 bits per heavy atom. The van der Waals surface area contributed by atoms with Crippen LogP contribution in [-0.4, -0.2) is 23.0 Å². The zero-order valence-electron chi connectivity index (χ0n) is 10.6. The van der Waals surface area contributed by atoms with E-state index in [0.29, 0.717) is 12.3 Å². The Balaban J connectivity index is 4.15. The Hall–Kier alpha value is -1.06. The van der Waals surface area contributed by atoms with E-state index in [1.165, 1.54) is 0 Å². The van der Waals surface area contributed by atoms with Crippen molar-refractivity contribution >= 4 is 11.9 Å². The summed E-state index contributed by atoms with van der Waals surface area (Å²) in [6.45, 7) is 7.65. The van der Waals surface area contributed by atoms with E-state index >= 15 is 0 Å². The van der Waals surface area contributed by atoms with E-state index < -0.39 is 12.0 Å². The third-order valence-electron chi connectivity index (χ3n) is 2.56. The monoisotopic (exact) mass is 229 g/mol. The minimum atomic E-state index is -0.966. The highest BCUT2D eigenvalue weighted by atomic mass is 16.4. The molecule has 4 heteroatoms. The third-order valence-corrected chi connectivity index (χ3v) is 2.56. The van der Waals surface area contributed by atoms with E-state index in [-0.39, 0.29) is 11.8 Å². The maximum absolute atomic E-state index is 11.6. The summed E-state index contributed by atoms with van der Waals surface area (Å²) in [7, 11) is 0. The van der Waals surface area contributed by atoms with Gasteiger partial charge < -0.3 is 10.4 Å². The van der Waals surface area contributed by atoms with Crippen LogP contribution in [0.3, 0.4) is 0 Å². The SMILES string of the molecule is CCCC(C)CC(=O)N[C@@H](C(=O)O)C(C)C. The van der Waals surface area contributed by atoms with E-state index in [4.69, 9.17) is 5.11 Å². The van der Waals surface area contributed by atoms with Crippen LogP contribution >= 0.6 is 0 Å². The van der Waals surface area contributed by atoms with E-state index in [0.717, 1.165) is 12.8 Å². The van der Waals surface area contributed by atoms with Crippen molar-refractivity contribution in [1.82, 2.24) is 5.32 Å². The molecule has 2 atom stereocenters. The Bertz CT molecular complexity index is 238. The van der Waals surface area contributed by atoms with Crippen LogP contribution in [0.15, 0.2) is 0 Å². The molecule has 0 fully saturated rings. The Labute approximate surface area is 97.4 Å². The molecule has 0 aromatic carbocycles. The van der Waals surface area contributed by atoms with Crippen molar-refractivity contribution in [3.05, 3.63) is 0 Å². The second kappa shape index (κ2) is 7.25. The molecule has 4 nitrogen and oxygen atoms in total. The molecule has 1 unspecified atom stereocenters. The van der Waals surface area contributed by atoms with Crippen molar-refractivity contribution in [3.63, 3.8) is 0 Å². The van der Waals surface area contributed by atoms with Gasteiger partial charge in [0.15, 0.2) is 0 Å². The van der Waals surface area contributed by atoms with Gasteiger partial charge in [0.05, 0.1) is 0 Å². The van der Waals surface area contributed by atoms with Crippen LogP contribution in [0, 0.1) is 11.8 Å². The Kier molecular flexibility index (Phi) is 6.77. The summed E-state index contributed by atoms with van der Waals surface area (Å²) in [5.74, 6) is -0.914. The minimum absolute atomic E-state index is 0.0945. The number of amides is 1. The number of hydrogen-bond donors (Lipinski definition) is 2. The normalized spacial score (nSPS) is 14.6. The van der Waals surface area contributed by atoms with Crippen molar-refractivity contribution in [3.8, 4) is 0 Å². The van der Waals surface area contributed by atoms with Gasteiger partial charge in [-0.05, 0) is 11.8 Å². The van der Waals surface area contributed by atoms with Crippen LogP contribution in [0.5, 0.6) is 0 Å². The van der Waals surface area contributed by atoms with Crippen molar-refractivity contribution in [2.45, 2.75) is 53.0 Å². The van der Waals surface area contributed by atoms with E-state index in [2.05, 4.69) is 12.2 Å². The van der Waals surface area contributed by atoms with Crippen LogP contribution in [0.25, 0.3) is 0 Å². The first-order chi connectivity index (χ1) is 7.38. The van der Waals surface area contributed by atoms with Gasteiger partial charge in [-0.15, -0.1) is 0 Å². The highest BCUT2D eigenvalue weighted by molar-refractivity contribution is 5.83. The molecule has 0 aliphatic rings. The van der Waals surface area contributed by atoms with Crippen LogP contribution in [0.4, 0.5) is 0 Å². The molecule has 16 heavy (non-hydrogen) atoms. The second-order valence-corrected chi connectivity index (χ2v) is 4.73. The number of nitrogens with one attached hydrogen (secondary N) is 1. The van der Waals surface area contributed by atoms with Gasteiger partial charge in [-0.2, -0.15) is 0 Å². The lowest BCUT2D eigenvalue weighted by molar-refractivity contribution is -0.143. The van der Waals surface area contributed by atoms with E-state index in [1.807, 2.05) is 6.92 Å². The Morgan fingerprint density at radius 1 is 1.25 bits per heavy atom. The van der Waals surface area contributed by atoms with E-state index in [1.54, 1.807) is 13.8 Å². The van der Waals surface area contributed by atoms with Gasteiger partial charge >= 0.3 is 5.97 Å². The number of aliphatic carboxylic acids is 1. The van der Waals surface area contributed by atoms with Crippen LogP contribution in [0.2, 0.25) is 0 Å². The molecule has 0 bridgehead atoms. The molecule has 0 aliphatic carbocycles. The average Bonchev–Trinajstić information content (AvgIpc) is 2.13. The van der Waals surface area contributed by atoms with Gasteiger partial charge in [0, 0.05) is 6.42 Å². The fraction of sp³-hybridized carbons (Fsp3) is 0.833. The molecule has 0 heterocycles. The van der Waals surface area contributed by atoms with Gasteiger partial charge in [0.25, 0.3) is 0 Å². The molecule has 0 aliphatic heterocycles. The molecule has 0 aromatic heterocycles. The summed E-state index contributed by atoms with van der Waals surface area (Å²) < 4.78 is 0. The molecule has 94 valence electrons. The molecule has 0 saturated carbocycles. The molecule has 0 spiro atoms. The number of carboxylic acids is 1. The lowest BCUT2D eigenvalue weighted by Crippen LogP contribution is -2.44. The lowest BCUT2D eigenvalue weighted by atomic mass is 10.0. The summed E-state index contributed by atoms with van der Waals surface area (Å²) in [5, 5.41) is 11.5. The number of carboxylic acid groups (broad SMARTS) is 1. The zero-order valence-corrected chi connectivity index (χ0v) is 10.6. The highest BCUT2D eigenvalue weighted by Gasteiger charge is 2.23. The first kappa shape index (κ1) is 14.9. The average molecular weight is 229 g/mol. The standard InChI is InChI=1S/C12H23NO3/c1-5-6-9(4)7-10(14)13-11(8(2)3)12(15)16/h8-9,11H,5-7H2,1-4H3,(H,13,14)(H,15,16)/t9?,11-/m1/s1. The second-order valence-electron chi connectivity index (χ2n) is 4.73. The summed E-state index contributed by atoms with van der Waals surface area (Å²) in [6.07, 6.45) is 2.44. The number of rotatable bonds is 7.